The highest BCUT2D eigenvalue weighted by Crippen LogP contribution is 2.37. The molecule has 3 aromatic rings. The molecule has 0 fully saturated rings. The van der Waals surface area contributed by atoms with Crippen LogP contribution in [0, 0.1) is 0 Å². The van der Waals surface area contributed by atoms with Crippen molar-refractivity contribution in [3.63, 3.8) is 0 Å². The second kappa shape index (κ2) is 4.65. The zero-order valence-corrected chi connectivity index (χ0v) is 10.6. The van der Waals surface area contributed by atoms with Crippen LogP contribution in [0.2, 0.25) is 0 Å². The van der Waals surface area contributed by atoms with Gasteiger partial charge >= 0.3 is 0 Å². The van der Waals surface area contributed by atoms with Gasteiger partial charge in [0.05, 0.1) is 18.4 Å². The van der Waals surface area contributed by atoms with Gasteiger partial charge in [-0.15, -0.1) is 0 Å². The van der Waals surface area contributed by atoms with Gasteiger partial charge in [-0.05, 0) is 23.8 Å². The van der Waals surface area contributed by atoms with Crippen LogP contribution >= 0.6 is 0 Å². The summed E-state index contributed by atoms with van der Waals surface area (Å²) >= 11 is 0. The summed E-state index contributed by atoms with van der Waals surface area (Å²) in [5.74, 6) is 1.40. The smallest absolute Gasteiger partial charge is 0.292 e. The van der Waals surface area contributed by atoms with E-state index in [2.05, 4.69) is 4.98 Å². The van der Waals surface area contributed by atoms with Crippen molar-refractivity contribution >= 4 is 16.8 Å². The first-order valence-corrected chi connectivity index (χ1v) is 6.16. The number of nitrogens with two attached hydrogens (primary N) is 1. The maximum Gasteiger partial charge on any atom is 0.292 e. The summed E-state index contributed by atoms with van der Waals surface area (Å²) in [4.78, 5) is 3.96. The van der Waals surface area contributed by atoms with Gasteiger partial charge in [0, 0.05) is 0 Å². The first-order chi connectivity index (χ1) is 9.29. The highest BCUT2D eigenvalue weighted by Gasteiger charge is 2.14. The fraction of sp³-hybridized carbons (Fsp3) is 0.133. The van der Waals surface area contributed by atoms with Gasteiger partial charge in [0.2, 0.25) is 0 Å². The Hall–Kier alpha value is -2.49. The lowest BCUT2D eigenvalue weighted by Crippen LogP contribution is -1.94. The summed E-state index contributed by atoms with van der Waals surface area (Å²) in [5, 5.41) is 2.18. The van der Waals surface area contributed by atoms with Crippen LogP contribution in [0.15, 0.2) is 47.0 Å². The molecule has 0 saturated heterocycles. The van der Waals surface area contributed by atoms with E-state index in [1.54, 1.807) is 6.20 Å². The van der Waals surface area contributed by atoms with Crippen LogP contribution in [0.5, 0.6) is 5.75 Å². The minimum absolute atomic E-state index is 0.158. The van der Waals surface area contributed by atoms with Crippen molar-refractivity contribution in [1.82, 2.24) is 4.98 Å². The first kappa shape index (κ1) is 11.6. The van der Waals surface area contributed by atoms with Crippen LogP contribution in [-0.2, 0) is 0 Å². The number of nitrogens with zero attached hydrogens (tertiary/aromatic N) is 1. The third kappa shape index (κ3) is 2.01. The predicted molar refractivity (Wildman–Crippen MR) is 75.0 cm³/mol. The Labute approximate surface area is 110 Å². The van der Waals surface area contributed by atoms with Crippen molar-refractivity contribution in [2.24, 2.45) is 0 Å². The maximum atomic E-state index is 5.68. The van der Waals surface area contributed by atoms with Crippen molar-refractivity contribution in [2.75, 3.05) is 12.3 Å². The molecular weight excluding hydrogens is 240 g/mol. The van der Waals surface area contributed by atoms with Crippen molar-refractivity contribution in [3.8, 4) is 17.1 Å². The predicted octanol–water partition coefficient (Wildman–Crippen LogP) is 3.48. The summed E-state index contributed by atoms with van der Waals surface area (Å²) in [5.41, 5.74) is 6.46. The van der Waals surface area contributed by atoms with Crippen molar-refractivity contribution in [1.29, 1.82) is 0 Å². The minimum atomic E-state index is 0.158. The van der Waals surface area contributed by atoms with E-state index in [-0.39, 0.29) is 6.01 Å². The third-order valence-corrected chi connectivity index (χ3v) is 2.96. The van der Waals surface area contributed by atoms with Crippen LogP contribution in [0.3, 0.4) is 0 Å². The average Bonchev–Trinajstić information content (AvgIpc) is 2.85. The zero-order chi connectivity index (χ0) is 13.2. The lowest BCUT2D eigenvalue weighted by Gasteiger charge is -2.11. The number of anilines is 1. The SMILES string of the molecule is CCOc1ccc2ccccc2c1-c1cnc(N)o1. The number of rotatable bonds is 3. The highest BCUT2D eigenvalue weighted by molar-refractivity contribution is 5.98. The number of hydrogen-bond acceptors (Lipinski definition) is 4. The topological polar surface area (TPSA) is 61.3 Å². The molecule has 0 unspecified atom stereocenters. The Bertz CT molecular complexity index is 719. The Morgan fingerprint density at radius 2 is 2.05 bits per heavy atom. The fourth-order valence-corrected chi connectivity index (χ4v) is 2.18. The molecule has 96 valence electrons. The molecule has 0 spiro atoms. The molecule has 3 rings (SSSR count). The highest BCUT2D eigenvalue weighted by atomic mass is 16.5. The molecule has 0 aliphatic rings. The molecular formula is C15H14N2O2. The molecule has 0 aliphatic carbocycles. The number of ether oxygens (including phenoxy) is 1. The van der Waals surface area contributed by atoms with E-state index in [1.807, 2.05) is 43.3 Å². The molecule has 19 heavy (non-hydrogen) atoms. The van der Waals surface area contributed by atoms with E-state index in [9.17, 15) is 0 Å². The van der Waals surface area contributed by atoms with Crippen LogP contribution in [0.1, 0.15) is 6.92 Å². The van der Waals surface area contributed by atoms with E-state index in [4.69, 9.17) is 14.9 Å². The molecule has 4 nitrogen and oxygen atoms in total. The number of benzene rings is 2. The summed E-state index contributed by atoms with van der Waals surface area (Å²) in [6.45, 7) is 2.54. The van der Waals surface area contributed by atoms with E-state index in [1.165, 1.54) is 0 Å². The van der Waals surface area contributed by atoms with Gasteiger partial charge in [0.15, 0.2) is 5.76 Å². The van der Waals surface area contributed by atoms with Crippen molar-refractivity contribution in [3.05, 3.63) is 42.6 Å². The normalized spacial score (nSPS) is 10.8. The number of nitrogen functional groups attached to an aromatic ring is 1. The molecule has 4 heteroatoms. The number of aromatic nitrogens is 1. The lowest BCUT2D eigenvalue weighted by atomic mass is 10.0. The summed E-state index contributed by atoms with van der Waals surface area (Å²) < 4.78 is 11.1. The van der Waals surface area contributed by atoms with Gasteiger partial charge in [-0.3, -0.25) is 0 Å². The minimum Gasteiger partial charge on any atom is -0.493 e. The monoisotopic (exact) mass is 254 g/mol. The van der Waals surface area contributed by atoms with Crippen LogP contribution in [0.4, 0.5) is 6.01 Å². The Morgan fingerprint density at radius 1 is 1.21 bits per heavy atom. The molecule has 2 N–H and O–H groups in total. The molecule has 0 radical (unpaired) electrons. The summed E-state index contributed by atoms with van der Waals surface area (Å²) in [7, 11) is 0. The number of hydrogen-bond donors (Lipinski definition) is 1. The summed E-state index contributed by atoms with van der Waals surface area (Å²) in [6, 6.07) is 12.2. The molecule has 1 heterocycles. The Kier molecular flexibility index (Phi) is 2.83. The number of oxazole rings is 1. The molecule has 0 atom stereocenters. The van der Waals surface area contributed by atoms with E-state index in [0.717, 1.165) is 22.1 Å². The average molecular weight is 254 g/mol. The first-order valence-electron chi connectivity index (χ1n) is 6.16. The molecule has 0 aliphatic heterocycles. The van der Waals surface area contributed by atoms with Gasteiger partial charge < -0.3 is 14.9 Å². The fourth-order valence-electron chi connectivity index (χ4n) is 2.18. The van der Waals surface area contributed by atoms with E-state index < -0.39 is 0 Å². The van der Waals surface area contributed by atoms with Crippen molar-refractivity contribution < 1.29 is 9.15 Å². The van der Waals surface area contributed by atoms with Crippen molar-refractivity contribution in [2.45, 2.75) is 6.92 Å². The summed E-state index contributed by atoms with van der Waals surface area (Å²) in [6.07, 6.45) is 1.62. The Balaban J connectivity index is 2.31. The van der Waals surface area contributed by atoms with Gasteiger partial charge in [-0.25, -0.2) is 4.98 Å². The van der Waals surface area contributed by atoms with Crippen LogP contribution in [0.25, 0.3) is 22.1 Å². The quantitative estimate of drug-likeness (QED) is 0.777. The molecule has 0 amide bonds. The van der Waals surface area contributed by atoms with Gasteiger partial charge in [0.1, 0.15) is 5.75 Å². The largest absolute Gasteiger partial charge is 0.493 e. The van der Waals surface area contributed by atoms with Gasteiger partial charge in [-0.2, -0.15) is 0 Å². The van der Waals surface area contributed by atoms with Gasteiger partial charge in [-0.1, -0.05) is 30.3 Å². The molecule has 0 bridgehead atoms. The second-order valence-electron chi connectivity index (χ2n) is 4.16. The number of fused-ring (bicyclic) bond motifs is 1. The second-order valence-corrected chi connectivity index (χ2v) is 4.16. The molecule has 0 saturated carbocycles. The maximum absolute atomic E-state index is 5.68. The molecule has 1 aromatic heterocycles. The Morgan fingerprint density at radius 3 is 2.79 bits per heavy atom. The lowest BCUT2D eigenvalue weighted by molar-refractivity contribution is 0.341. The van der Waals surface area contributed by atoms with E-state index in [0.29, 0.717) is 12.4 Å². The zero-order valence-electron chi connectivity index (χ0n) is 10.6. The van der Waals surface area contributed by atoms with E-state index >= 15 is 0 Å². The third-order valence-electron chi connectivity index (χ3n) is 2.96. The van der Waals surface area contributed by atoms with Crippen LogP contribution < -0.4 is 10.5 Å². The molecule has 2 aromatic carbocycles. The standard InChI is InChI=1S/C15H14N2O2/c1-2-18-12-8-7-10-5-3-4-6-11(10)14(12)13-9-17-15(16)19-13/h3-9H,2H2,1H3,(H2,16,17). The van der Waals surface area contributed by atoms with Crippen LogP contribution in [-0.4, -0.2) is 11.6 Å². The van der Waals surface area contributed by atoms with Gasteiger partial charge in [0.25, 0.3) is 6.01 Å².